The van der Waals surface area contributed by atoms with Crippen molar-refractivity contribution < 1.29 is 34.5 Å². The smallest absolute Gasteiger partial charge is 0.550 e. The maximum absolute atomic E-state index is 10.4. The number of carboxylic acids is 3. The second-order valence-electron chi connectivity index (χ2n) is 4.13. The van der Waals surface area contributed by atoms with Gasteiger partial charge in [-0.1, -0.05) is 33.6 Å². The largest absolute Gasteiger partial charge is 3.00 e. The van der Waals surface area contributed by atoms with Gasteiger partial charge in [-0.25, -0.2) is 0 Å². The van der Waals surface area contributed by atoms with Crippen LogP contribution in [0, 0.1) is 5.92 Å². The van der Waals surface area contributed by atoms with Crippen molar-refractivity contribution in [3.63, 3.8) is 0 Å². The van der Waals surface area contributed by atoms with Crippen LogP contribution < -0.4 is 15.3 Å². The molecule has 0 amide bonds. The molecule has 0 radical (unpaired) electrons. The van der Waals surface area contributed by atoms with E-state index in [4.69, 9.17) is 0 Å². The number of carboxylic acid groups (broad SMARTS) is 3. The molecule has 22 heavy (non-hydrogen) atoms. The van der Waals surface area contributed by atoms with E-state index in [1.54, 1.807) is 20.8 Å². The summed E-state index contributed by atoms with van der Waals surface area (Å²) in [7, 11) is 0. The van der Waals surface area contributed by atoms with Crippen LogP contribution in [0.2, 0.25) is 0 Å². The van der Waals surface area contributed by atoms with E-state index < -0.39 is 23.8 Å². The number of carbonyl (C=O) groups is 4. The Morgan fingerprint density at radius 3 is 1.14 bits per heavy atom. The van der Waals surface area contributed by atoms with Crippen LogP contribution in [-0.2, 0) is 19.2 Å². The van der Waals surface area contributed by atoms with Crippen molar-refractivity contribution in [3.8, 4) is 0 Å². The fraction of sp³-hybridized carbons (Fsp3) is 0.714. The van der Waals surface area contributed by atoms with Crippen LogP contribution in [0.3, 0.4) is 0 Å². The molecule has 0 aromatic rings. The molecule has 0 rings (SSSR count). The molecule has 0 aliphatic heterocycles. The van der Waals surface area contributed by atoms with E-state index in [0.29, 0.717) is 19.3 Å². The van der Waals surface area contributed by atoms with Crippen molar-refractivity contribution in [1.29, 1.82) is 0 Å². The summed E-state index contributed by atoms with van der Waals surface area (Å²) in [6, 6.07) is 0. The number of Topliss-reactive ketones (excluding diaryl/α,β-unsaturated/α-hetero) is 1. The Kier molecular flexibility index (Phi) is 25.6. The number of hydrogen-bond donors (Lipinski definition) is 0. The Labute approximate surface area is 141 Å². The van der Waals surface area contributed by atoms with Crippen molar-refractivity contribution in [1.82, 2.24) is 0 Å². The summed E-state index contributed by atoms with van der Waals surface area (Å²) in [5, 5.41) is 29.0. The van der Waals surface area contributed by atoms with Gasteiger partial charge >= 0.3 is 17.4 Å². The van der Waals surface area contributed by atoms with Gasteiger partial charge in [0.1, 0.15) is 5.78 Å². The van der Waals surface area contributed by atoms with E-state index in [-0.39, 0.29) is 36.0 Å². The molecule has 0 heterocycles. The first kappa shape index (κ1) is 28.7. The minimum absolute atomic E-state index is 0. The summed E-state index contributed by atoms with van der Waals surface area (Å²) in [4.78, 5) is 39.4. The van der Waals surface area contributed by atoms with Crippen molar-refractivity contribution in [2.75, 3.05) is 0 Å². The van der Waals surface area contributed by atoms with E-state index in [1.165, 1.54) is 6.92 Å². The molecule has 1 unspecified atom stereocenters. The second-order valence-corrected chi connectivity index (χ2v) is 4.13. The molecule has 0 aromatic heterocycles. The van der Waals surface area contributed by atoms with Gasteiger partial charge in [0.25, 0.3) is 0 Å². The molecular weight excluding hydrogens is 307 g/mol. The topological polar surface area (TPSA) is 137 Å². The zero-order chi connectivity index (χ0) is 17.4. The van der Waals surface area contributed by atoms with E-state index in [2.05, 4.69) is 0 Å². The van der Waals surface area contributed by atoms with Crippen LogP contribution in [0.25, 0.3) is 0 Å². The fourth-order valence-electron chi connectivity index (χ4n) is 1.03. The van der Waals surface area contributed by atoms with Gasteiger partial charge in [0.05, 0.1) is 11.9 Å². The third-order valence-electron chi connectivity index (χ3n) is 2.09. The molecule has 0 fully saturated rings. The van der Waals surface area contributed by atoms with Gasteiger partial charge in [0, 0.05) is 11.9 Å². The standard InChI is InChI=1S/C6H10O3.2C4H8O2.Al/c1-3-5(4(2)7)6(8)9;2*1-2-3-4(5)6;/h5H,3H2,1-2H3,(H,8,9);2*2-3H2,1H3,(H,5,6);/q;;;+3/p-3. The summed E-state index contributed by atoms with van der Waals surface area (Å²) >= 11 is 0. The predicted octanol–water partition coefficient (Wildman–Crippen LogP) is -1.96. The zero-order valence-corrected chi connectivity index (χ0v) is 14.7. The number of hydrogen-bond acceptors (Lipinski definition) is 7. The zero-order valence-electron chi connectivity index (χ0n) is 13.5. The SMILES string of the molecule is CCC(C(C)=O)C(=O)[O-].CCCC(=O)[O-].CCCC(=O)[O-].[Al+3]. The van der Waals surface area contributed by atoms with E-state index >= 15 is 0 Å². The first-order valence-electron chi connectivity index (χ1n) is 6.74. The average molecular weight is 330 g/mol. The Balaban J connectivity index is -0.000000112. The van der Waals surface area contributed by atoms with Crippen LogP contribution in [0.5, 0.6) is 0 Å². The van der Waals surface area contributed by atoms with Crippen molar-refractivity contribution in [2.24, 2.45) is 5.92 Å². The van der Waals surface area contributed by atoms with Gasteiger partial charge in [-0.3, -0.25) is 4.79 Å². The van der Waals surface area contributed by atoms with Gasteiger partial charge in [-0.05, 0) is 26.2 Å². The summed E-state index contributed by atoms with van der Waals surface area (Å²) in [6.07, 6.45) is 2.02. The normalized spacial score (nSPS) is 9.64. The van der Waals surface area contributed by atoms with Crippen LogP contribution >= 0.6 is 0 Å². The molecule has 7 nitrogen and oxygen atoms in total. The molecule has 0 aliphatic carbocycles. The predicted molar refractivity (Wildman–Crippen MR) is 75.1 cm³/mol. The molecular formula is C14H23AlO7. The molecule has 8 heteroatoms. The van der Waals surface area contributed by atoms with E-state index in [9.17, 15) is 34.5 Å². The van der Waals surface area contributed by atoms with Crippen molar-refractivity contribution in [2.45, 2.75) is 59.8 Å². The molecule has 0 aromatic carbocycles. The third kappa shape index (κ3) is 27.0. The third-order valence-corrected chi connectivity index (χ3v) is 2.09. The van der Waals surface area contributed by atoms with Crippen LogP contribution in [0.1, 0.15) is 59.8 Å². The fourth-order valence-corrected chi connectivity index (χ4v) is 1.03. The van der Waals surface area contributed by atoms with Crippen LogP contribution in [0.4, 0.5) is 0 Å². The van der Waals surface area contributed by atoms with Gasteiger partial charge in [0.15, 0.2) is 0 Å². The molecule has 0 saturated heterocycles. The molecule has 1 atom stereocenters. The van der Waals surface area contributed by atoms with Gasteiger partial charge < -0.3 is 29.7 Å². The molecule has 0 spiro atoms. The second kappa shape index (κ2) is 19.6. The summed E-state index contributed by atoms with van der Waals surface area (Å²) in [5.41, 5.74) is 0. The Morgan fingerprint density at radius 1 is 0.818 bits per heavy atom. The summed E-state index contributed by atoms with van der Waals surface area (Å²) < 4.78 is 0. The maximum Gasteiger partial charge on any atom is 3.00 e. The molecule has 0 N–H and O–H groups in total. The van der Waals surface area contributed by atoms with Crippen molar-refractivity contribution in [3.05, 3.63) is 0 Å². The molecule has 0 aliphatic rings. The number of rotatable bonds is 7. The van der Waals surface area contributed by atoms with Crippen molar-refractivity contribution >= 4 is 41.1 Å². The monoisotopic (exact) mass is 330 g/mol. The molecule has 124 valence electrons. The number of ketones is 1. The summed E-state index contributed by atoms with van der Waals surface area (Å²) in [5.74, 6) is -4.44. The number of carbonyl (C=O) groups excluding carboxylic acids is 4. The van der Waals surface area contributed by atoms with Gasteiger partial charge in [-0.15, -0.1) is 0 Å². The first-order chi connectivity index (χ1) is 9.63. The quantitative estimate of drug-likeness (QED) is 0.390. The Bertz CT molecular complexity index is 299. The first-order valence-corrected chi connectivity index (χ1v) is 6.74. The Morgan fingerprint density at radius 2 is 1.14 bits per heavy atom. The van der Waals surface area contributed by atoms with Gasteiger partial charge in [0.2, 0.25) is 0 Å². The number of aliphatic carboxylic acids is 3. The average Bonchev–Trinajstić information content (AvgIpc) is 2.29. The maximum atomic E-state index is 10.4. The van der Waals surface area contributed by atoms with Crippen LogP contribution in [-0.4, -0.2) is 41.1 Å². The Hall–Kier alpha value is -1.39. The van der Waals surface area contributed by atoms with E-state index in [0.717, 1.165) is 0 Å². The van der Waals surface area contributed by atoms with Crippen LogP contribution in [0.15, 0.2) is 0 Å². The van der Waals surface area contributed by atoms with E-state index in [1.807, 2.05) is 0 Å². The molecule has 0 saturated carbocycles. The minimum atomic E-state index is -1.27. The molecule has 0 bridgehead atoms. The summed E-state index contributed by atoms with van der Waals surface area (Å²) in [6.45, 7) is 6.50. The minimum Gasteiger partial charge on any atom is -0.550 e. The van der Waals surface area contributed by atoms with Gasteiger partial charge in [-0.2, -0.15) is 0 Å².